The Morgan fingerprint density at radius 1 is 1.30 bits per heavy atom. The van der Waals surface area contributed by atoms with Gasteiger partial charge in [-0.1, -0.05) is 12.1 Å². The fourth-order valence-electron chi connectivity index (χ4n) is 2.30. The number of benzene rings is 1. The maximum absolute atomic E-state index is 14.3. The molecule has 0 amide bonds. The fraction of sp³-hybridized carbons (Fsp3) is 0.143. The molecule has 20 heavy (non-hydrogen) atoms. The summed E-state index contributed by atoms with van der Waals surface area (Å²) in [6.07, 6.45) is 6.89. The van der Waals surface area contributed by atoms with E-state index < -0.39 is 0 Å². The Bertz CT molecular complexity index is 756. The topological polar surface area (TPSA) is 42.2 Å². The molecule has 3 aromatic rings. The SMILES string of the molecule is CNC(c1cccc(Br)c1F)c1cnn2ccncc12. The first-order valence-corrected chi connectivity index (χ1v) is 6.90. The van der Waals surface area contributed by atoms with Crippen molar-refractivity contribution in [2.24, 2.45) is 0 Å². The minimum Gasteiger partial charge on any atom is -0.309 e. The lowest BCUT2D eigenvalue weighted by atomic mass is 10.00. The summed E-state index contributed by atoms with van der Waals surface area (Å²) in [6.45, 7) is 0. The lowest BCUT2D eigenvalue weighted by molar-refractivity contribution is 0.572. The third kappa shape index (κ3) is 2.10. The molecule has 0 saturated heterocycles. The molecule has 0 bridgehead atoms. The zero-order valence-electron chi connectivity index (χ0n) is 10.7. The van der Waals surface area contributed by atoms with Crippen LogP contribution in [0.3, 0.4) is 0 Å². The Balaban J connectivity index is 2.17. The molecule has 0 spiro atoms. The van der Waals surface area contributed by atoms with Crippen LogP contribution in [-0.4, -0.2) is 21.6 Å². The van der Waals surface area contributed by atoms with Crippen molar-refractivity contribution < 1.29 is 4.39 Å². The Morgan fingerprint density at radius 3 is 2.95 bits per heavy atom. The van der Waals surface area contributed by atoms with E-state index in [0.717, 1.165) is 11.1 Å². The molecule has 0 saturated carbocycles. The van der Waals surface area contributed by atoms with Crippen LogP contribution in [0.25, 0.3) is 5.52 Å². The highest BCUT2D eigenvalue weighted by Crippen LogP contribution is 2.29. The monoisotopic (exact) mass is 334 g/mol. The normalized spacial score (nSPS) is 12.8. The summed E-state index contributed by atoms with van der Waals surface area (Å²) in [4.78, 5) is 4.10. The van der Waals surface area contributed by atoms with Crippen LogP contribution in [0.1, 0.15) is 17.2 Å². The molecular weight excluding hydrogens is 323 g/mol. The predicted molar refractivity (Wildman–Crippen MR) is 78.0 cm³/mol. The quantitative estimate of drug-likeness (QED) is 0.800. The summed E-state index contributed by atoms with van der Waals surface area (Å²) in [5.74, 6) is -0.268. The van der Waals surface area contributed by atoms with Gasteiger partial charge in [0.1, 0.15) is 5.82 Å². The van der Waals surface area contributed by atoms with Gasteiger partial charge in [0.05, 0.1) is 28.4 Å². The van der Waals surface area contributed by atoms with Crippen LogP contribution in [0.5, 0.6) is 0 Å². The van der Waals surface area contributed by atoms with Crippen LogP contribution in [0.4, 0.5) is 4.39 Å². The molecule has 3 rings (SSSR count). The van der Waals surface area contributed by atoms with Gasteiger partial charge in [0, 0.05) is 23.5 Å². The molecule has 102 valence electrons. The van der Waals surface area contributed by atoms with Gasteiger partial charge in [-0.25, -0.2) is 8.91 Å². The first kappa shape index (κ1) is 13.2. The maximum Gasteiger partial charge on any atom is 0.142 e. The summed E-state index contributed by atoms with van der Waals surface area (Å²) < 4.78 is 16.5. The van der Waals surface area contributed by atoms with Gasteiger partial charge >= 0.3 is 0 Å². The molecule has 4 nitrogen and oxygen atoms in total. The Labute approximate surface area is 123 Å². The molecule has 0 aliphatic rings. The van der Waals surface area contributed by atoms with Gasteiger partial charge in [-0.2, -0.15) is 5.10 Å². The van der Waals surface area contributed by atoms with E-state index in [1.54, 1.807) is 48.5 Å². The number of hydrogen-bond donors (Lipinski definition) is 1. The molecule has 0 aliphatic heterocycles. The highest BCUT2D eigenvalue weighted by Gasteiger charge is 2.21. The summed E-state index contributed by atoms with van der Waals surface area (Å²) in [7, 11) is 1.80. The van der Waals surface area contributed by atoms with Gasteiger partial charge < -0.3 is 5.32 Å². The molecule has 1 N–H and O–H groups in total. The summed E-state index contributed by atoms with van der Waals surface area (Å²) in [6, 6.07) is 4.98. The molecule has 0 radical (unpaired) electrons. The van der Waals surface area contributed by atoms with Crippen molar-refractivity contribution in [1.29, 1.82) is 0 Å². The molecule has 2 heterocycles. The van der Waals surface area contributed by atoms with Crippen molar-refractivity contribution in [2.45, 2.75) is 6.04 Å². The van der Waals surface area contributed by atoms with E-state index in [9.17, 15) is 4.39 Å². The average molecular weight is 335 g/mol. The Kier molecular flexibility index (Phi) is 3.50. The molecule has 1 atom stereocenters. The second kappa shape index (κ2) is 5.30. The van der Waals surface area contributed by atoms with Crippen LogP contribution >= 0.6 is 15.9 Å². The van der Waals surface area contributed by atoms with E-state index in [1.165, 1.54) is 0 Å². The number of nitrogens with zero attached hydrogens (tertiary/aromatic N) is 3. The van der Waals surface area contributed by atoms with E-state index in [4.69, 9.17) is 0 Å². The highest BCUT2D eigenvalue weighted by molar-refractivity contribution is 9.10. The van der Waals surface area contributed by atoms with Crippen molar-refractivity contribution in [3.8, 4) is 0 Å². The lowest BCUT2D eigenvalue weighted by Gasteiger charge is -2.17. The van der Waals surface area contributed by atoms with E-state index in [0.29, 0.717) is 10.0 Å². The minimum absolute atomic E-state index is 0.268. The number of halogens is 2. The molecule has 1 aromatic carbocycles. The van der Waals surface area contributed by atoms with Crippen molar-refractivity contribution in [1.82, 2.24) is 19.9 Å². The van der Waals surface area contributed by atoms with Crippen LogP contribution in [0.15, 0.2) is 47.5 Å². The second-order valence-corrected chi connectivity index (χ2v) is 5.23. The number of nitrogens with one attached hydrogen (secondary N) is 1. The molecule has 6 heteroatoms. The van der Waals surface area contributed by atoms with Crippen molar-refractivity contribution in [3.63, 3.8) is 0 Å². The Hall–Kier alpha value is -1.79. The van der Waals surface area contributed by atoms with Crippen LogP contribution in [0.2, 0.25) is 0 Å². The van der Waals surface area contributed by atoms with Gasteiger partial charge in [0.25, 0.3) is 0 Å². The minimum atomic E-state index is -0.283. The van der Waals surface area contributed by atoms with Gasteiger partial charge in [-0.05, 0) is 29.0 Å². The third-order valence-electron chi connectivity index (χ3n) is 3.25. The van der Waals surface area contributed by atoms with Crippen molar-refractivity contribution >= 4 is 21.4 Å². The number of aromatic nitrogens is 3. The van der Waals surface area contributed by atoms with Crippen LogP contribution in [-0.2, 0) is 0 Å². The third-order valence-corrected chi connectivity index (χ3v) is 3.86. The van der Waals surface area contributed by atoms with Gasteiger partial charge in [-0.15, -0.1) is 0 Å². The summed E-state index contributed by atoms with van der Waals surface area (Å²) in [5.41, 5.74) is 2.31. The smallest absolute Gasteiger partial charge is 0.142 e. The average Bonchev–Trinajstić information content (AvgIpc) is 2.88. The van der Waals surface area contributed by atoms with E-state index in [2.05, 4.69) is 31.3 Å². The second-order valence-electron chi connectivity index (χ2n) is 4.37. The summed E-state index contributed by atoms with van der Waals surface area (Å²) in [5, 5.41) is 7.41. The predicted octanol–water partition coefficient (Wildman–Crippen LogP) is 2.94. The number of hydrogen-bond acceptors (Lipinski definition) is 3. The molecule has 0 fully saturated rings. The van der Waals surface area contributed by atoms with E-state index in [-0.39, 0.29) is 11.9 Å². The van der Waals surface area contributed by atoms with Gasteiger partial charge in [0.15, 0.2) is 0 Å². The van der Waals surface area contributed by atoms with Crippen molar-refractivity contribution in [3.05, 3.63) is 64.4 Å². The number of rotatable bonds is 3. The summed E-state index contributed by atoms with van der Waals surface area (Å²) >= 11 is 3.22. The largest absolute Gasteiger partial charge is 0.309 e. The van der Waals surface area contributed by atoms with Gasteiger partial charge in [-0.3, -0.25) is 4.98 Å². The molecule has 2 aromatic heterocycles. The lowest BCUT2D eigenvalue weighted by Crippen LogP contribution is -2.19. The van der Waals surface area contributed by atoms with E-state index >= 15 is 0 Å². The van der Waals surface area contributed by atoms with Crippen molar-refractivity contribution in [2.75, 3.05) is 7.05 Å². The Morgan fingerprint density at radius 2 is 2.15 bits per heavy atom. The zero-order chi connectivity index (χ0) is 14.1. The standard InChI is InChI=1S/C14H12BrFN4/c1-17-14(9-3-2-4-11(15)13(9)16)10-7-19-20-6-5-18-8-12(10)20/h2-8,14,17H,1H3. The molecule has 0 aliphatic carbocycles. The van der Waals surface area contributed by atoms with Gasteiger partial charge in [0.2, 0.25) is 0 Å². The van der Waals surface area contributed by atoms with Crippen LogP contribution in [0, 0.1) is 5.82 Å². The molecular formula is C14H12BrFN4. The first-order chi connectivity index (χ1) is 9.72. The maximum atomic E-state index is 14.3. The first-order valence-electron chi connectivity index (χ1n) is 6.11. The van der Waals surface area contributed by atoms with E-state index in [1.807, 2.05) is 6.07 Å². The highest BCUT2D eigenvalue weighted by atomic mass is 79.9. The zero-order valence-corrected chi connectivity index (χ0v) is 12.3. The fourth-order valence-corrected chi connectivity index (χ4v) is 2.68. The van der Waals surface area contributed by atoms with Crippen LogP contribution < -0.4 is 5.32 Å². The molecule has 1 unspecified atom stereocenters. The number of fused-ring (bicyclic) bond motifs is 1.